The molecule has 0 radical (unpaired) electrons. The Labute approximate surface area is 356 Å². The van der Waals surface area contributed by atoms with Gasteiger partial charge in [0.05, 0.1) is 17.7 Å². The van der Waals surface area contributed by atoms with Gasteiger partial charge in [0.2, 0.25) is 17.7 Å². The quantitative estimate of drug-likeness (QED) is 0.275. The largest absolute Gasteiger partial charge is 0.453 e. The number of nitrogens with one attached hydrogen (secondary N) is 2. The molecule has 15 nitrogen and oxygen atoms in total. The van der Waals surface area contributed by atoms with Crippen molar-refractivity contribution in [1.82, 2.24) is 39.8 Å². The lowest BCUT2D eigenvalue weighted by Gasteiger charge is -2.41. The van der Waals surface area contributed by atoms with Crippen molar-refractivity contribution in [2.45, 2.75) is 88.4 Å². The number of amidine groups is 1. The van der Waals surface area contributed by atoms with Gasteiger partial charge < -0.3 is 20.0 Å². The van der Waals surface area contributed by atoms with E-state index in [0.717, 1.165) is 79.8 Å². The Kier molecular flexibility index (Phi) is 11.3. The van der Waals surface area contributed by atoms with Crippen LogP contribution in [0, 0.1) is 17.8 Å². The normalized spacial score (nSPS) is 21.9. The van der Waals surface area contributed by atoms with E-state index in [9.17, 15) is 37.1 Å². The second-order valence-electron chi connectivity index (χ2n) is 16.9. The lowest BCUT2D eigenvalue weighted by Crippen LogP contribution is -2.54. The lowest BCUT2D eigenvalue weighted by molar-refractivity contribution is -0.147. The highest BCUT2D eigenvalue weighted by Gasteiger charge is 2.46. The maximum atomic E-state index is 13.4. The molecule has 2 N–H and O–H groups in total. The van der Waals surface area contributed by atoms with Crippen LogP contribution in [-0.4, -0.2) is 128 Å². The van der Waals surface area contributed by atoms with Gasteiger partial charge in [0.15, 0.2) is 5.82 Å². The van der Waals surface area contributed by atoms with E-state index >= 15 is 0 Å². The topological polar surface area (TPSA) is 165 Å². The molecule has 1 atom stereocenters. The number of hydrogen-bond donors (Lipinski definition) is 2. The number of rotatable bonds is 6. The molecule has 62 heavy (non-hydrogen) atoms. The highest BCUT2D eigenvalue weighted by molar-refractivity contribution is 6.25. The van der Waals surface area contributed by atoms with Crippen LogP contribution in [0.2, 0.25) is 0 Å². The Morgan fingerprint density at radius 3 is 2.27 bits per heavy atom. The number of aryl methyl sites for hydroxylation is 1. The van der Waals surface area contributed by atoms with Crippen molar-refractivity contribution in [1.29, 1.82) is 0 Å². The number of carbonyl (C=O) groups is 5. The van der Waals surface area contributed by atoms with Crippen LogP contribution in [0.15, 0.2) is 47.6 Å². The zero-order chi connectivity index (χ0) is 43.1. The third kappa shape index (κ3) is 8.29. The molecule has 1 unspecified atom stereocenters. The number of nitrogens with zero attached hydrogens (tertiary/aromatic N) is 8. The van der Waals surface area contributed by atoms with E-state index in [1.54, 1.807) is 12.1 Å². The Morgan fingerprint density at radius 2 is 1.56 bits per heavy atom. The maximum absolute atomic E-state index is 13.4. The molecule has 3 aromatic rings. The SMILES string of the molecule is O=C1CCC(N2C(=O)c3cccc(NCC(=O)N4CCC(N5CCC(C#Cc6ccc(C7CCN(C8=Nn9c(nnc9C(F)(F)F)CC8)CC7)cc6)CC5)CC4)c3C2=O)C(=O)N1. The first-order chi connectivity index (χ1) is 29.9. The second-order valence-corrected chi connectivity index (χ2v) is 16.9. The summed E-state index contributed by atoms with van der Waals surface area (Å²) in [5.41, 5.74) is 2.87. The Morgan fingerprint density at radius 1 is 0.823 bits per heavy atom. The molecule has 0 spiro atoms. The third-order valence-electron chi connectivity index (χ3n) is 13.2. The number of benzene rings is 2. The monoisotopic (exact) mass is 852 g/mol. The van der Waals surface area contributed by atoms with Gasteiger partial charge in [-0.25, -0.2) is 0 Å². The number of likely N-dealkylation sites (tertiary alicyclic amines) is 3. The van der Waals surface area contributed by atoms with Crippen molar-refractivity contribution < 1.29 is 37.1 Å². The highest BCUT2D eigenvalue weighted by Crippen LogP contribution is 2.34. The average molecular weight is 853 g/mol. The summed E-state index contributed by atoms with van der Waals surface area (Å²) >= 11 is 0. The molecule has 18 heteroatoms. The third-order valence-corrected chi connectivity index (χ3v) is 13.2. The van der Waals surface area contributed by atoms with Crippen molar-refractivity contribution in [2.24, 2.45) is 11.0 Å². The van der Waals surface area contributed by atoms with Gasteiger partial charge in [-0.05, 0) is 93.8 Å². The fraction of sp³-hybridized carbons (Fsp3) is 0.500. The minimum absolute atomic E-state index is 0.0355. The predicted molar refractivity (Wildman–Crippen MR) is 219 cm³/mol. The molecule has 4 fully saturated rings. The number of aromatic nitrogens is 3. The maximum Gasteiger partial charge on any atom is 0.453 e. The summed E-state index contributed by atoms with van der Waals surface area (Å²) in [4.78, 5) is 71.4. The van der Waals surface area contributed by atoms with E-state index in [-0.39, 0.29) is 42.2 Å². The second kappa shape index (κ2) is 17.0. The number of imide groups is 2. The minimum atomic E-state index is -4.61. The van der Waals surface area contributed by atoms with E-state index in [0.29, 0.717) is 55.3 Å². The molecule has 7 heterocycles. The summed E-state index contributed by atoms with van der Waals surface area (Å²) in [5, 5.41) is 16.6. The number of anilines is 1. The number of carbonyl (C=O) groups excluding carboxylic acids is 5. The van der Waals surface area contributed by atoms with E-state index < -0.39 is 41.7 Å². The lowest BCUT2D eigenvalue weighted by atomic mass is 9.88. The van der Waals surface area contributed by atoms with Gasteiger partial charge >= 0.3 is 6.18 Å². The molecule has 5 amide bonds. The molecule has 324 valence electrons. The molecule has 0 aliphatic carbocycles. The van der Waals surface area contributed by atoms with Crippen molar-refractivity contribution in [2.75, 3.05) is 51.1 Å². The number of amides is 5. The van der Waals surface area contributed by atoms with Crippen LogP contribution in [0.4, 0.5) is 18.9 Å². The zero-order valence-electron chi connectivity index (χ0n) is 34.1. The van der Waals surface area contributed by atoms with Gasteiger partial charge in [-0.2, -0.15) is 22.9 Å². The van der Waals surface area contributed by atoms with Crippen molar-refractivity contribution in [3.05, 3.63) is 76.4 Å². The molecule has 6 aliphatic heterocycles. The first-order valence-electron chi connectivity index (χ1n) is 21.5. The summed E-state index contributed by atoms with van der Waals surface area (Å²) < 4.78 is 41.0. The van der Waals surface area contributed by atoms with Crippen LogP contribution in [0.5, 0.6) is 0 Å². The van der Waals surface area contributed by atoms with Crippen molar-refractivity contribution >= 4 is 41.1 Å². The van der Waals surface area contributed by atoms with Crippen LogP contribution in [0.25, 0.3) is 0 Å². The van der Waals surface area contributed by atoms with Crippen LogP contribution in [0.3, 0.4) is 0 Å². The summed E-state index contributed by atoms with van der Waals surface area (Å²) in [5.74, 6) is 4.95. The number of fused-ring (bicyclic) bond motifs is 2. The Balaban J connectivity index is 0.702. The van der Waals surface area contributed by atoms with E-state index in [1.807, 2.05) is 4.90 Å². The molecule has 1 aromatic heterocycles. The van der Waals surface area contributed by atoms with Crippen LogP contribution in [0.1, 0.15) is 107 Å². The van der Waals surface area contributed by atoms with Crippen LogP contribution >= 0.6 is 0 Å². The van der Waals surface area contributed by atoms with Crippen molar-refractivity contribution in [3.8, 4) is 11.8 Å². The highest BCUT2D eigenvalue weighted by atomic mass is 19.4. The zero-order valence-corrected chi connectivity index (χ0v) is 34.1. The number of alkyl halides is 3. The summed E-state index contributed by atoms with van der Waals surface area (Å²) in [6, 6.07) is 12.6. The molecule has 9 rings (SSSR count). The first kappa shape index (κ1) is 41.3. The van der Waals surface area contributed by atoms with Gasteiger partial charge in [-0.15, -0.1) is 10.2 Å². The fourth-order valence-electron chi connectivity index (χ4n) is 9.69. The van der Waals surface area contributed by atoms with Gasteiger partial charge in [-0.1, -0.05) is 30.0 Å². The van der Waals surface area contributed by atoms with Gasteiger partial charge in [-0.3, -0.25) is 34.2 Å². The molecule has 2 aromatic carbocycles. The van der Waals surface area contributed by atoms with Crippen LogP contribution < -0.4 is 10.6 Å². The fourth-order valence-corrected chi connectivity index (χ4v) is 9.69. The number of halogens is 3. The molecular weight excluding hydrogens is 806 g/mol. The molecule has 4 saturated heterocycles. The van der Waals surface area contributed by atoms with Crippen LogP contribution in [-0.2, 0) is 27.0 Å². The smallest absolute Gasteiger partial charge is 0.375 e. The van der Waals surface area contributed by atoms with E-state index in [4.69, 9.17) is 0 Å². The Hall–Kier alpha value is -6.09. The standard InChI is InChI=1S/C44H47F3N10O5/c45-44(46,47)43-51-50-35-11-12-36(52-57(35)43)54-22-16-30(17-23-54)29-8-6-27(7-9-29)4-5-28-14-20-53(21-15-28)31-18-24-55(25-19-31)38(59)26-48-33-3-1-2-32-39(33)42(62)56(41(32)61)34-10-13-37(58)49-40(34)60/h1-3,6-9,28,30-31,34,48H,10-26H2,(H,49,58,60). The van der Waals surface area contributed by atoms with Gasteiger partial charge in [0, 0.05) is 68.7 Å². The summed E-state index contributed by atoms with van der Waals surface area (Å²) in [6.07, 6.45) is 1.88. The Bertz CT molecular complexity index is 2360. The van der Waals surface area contributed by atoms with Crippen molar-refractivity contribution in [3.63, 3.8) is 0 Å². The van der Waals surface area contributed by atoms with E-state index in [2.05, 4.69) is 71.8 Å². The molecule has 6 aliphatic rings. The summed E-state index contributed by atoms with van der Waals surface area (Å²) in [6.45, 7) is 4.56. The molecule has 0 saturated carbocycles. The van der Waals surface area contributed by atoms with Gasteiger partial charge in [0.1, 0.15) is 11.9 Å². The number of piperidine rings is 4. The number of hydrogen-bond acceptors (Lipinski definition) is 11. The summed E-state index contributed by atoms with van der Waals surface area (Å²) in [7, 11) is 0. The predicted octanol–water partition coefficient (Wildman–Crippen LogP) is 3.85. The molecule has 0 bridgehead atoms. The molecular formula is C44H47F3N10O5. The average Bonchev–Trinajstić information content (AvgIpc) is 3.83. The first-order valence-corrected chi connectivity index (χ1v) is 21.5. The minimum Gasteiger partial charge on any atom is -0.375 e. The van der Waals surface area contributed by atoms with Gasteiger partial charge in [0.25, 0.3) is 17.6 Å². The van der Waals surface area contributed by atoms with E-state index in [1.165, 1.54) is 11.6 Å².